The zero-order chi connectivity index (χ0) is 17.7. The second kappa shape index (κ2) is 7.32. The Morgan fingerprint density at radius 2 is 2.00 bits per heavy atom. The van der Waals surface area contributed by atoms with Crippen molar-refractivity contribution in [3.8, 4) is 11.8 Å². The Balaban J connectivity index is 2.50. The van der Waals surface area contributed by atoms with Crippen LogP contribution in [0, 0.1) is 11.3 Å². The number of benzene rings is 1. The number of alkyl halides is 2. The lowest BCUT2D eigenvalue weighted by atomic mass is 10.1. The molecule has 2 aromatic rings. The van der Waals surface area contributed by atoms with Crippen LogP contribution >= 0.6 is 0 Å². The first kappa shape index (κ1) is 17.1. The normalized spacial score (nSPS) is 11.2. The van der Waals surface area contributed by atoms with Crippen LogP contribution in [-0.2, 0) is 0 Å². The predicted octanol–water partition coefficient (Wildman–Crippen LogP) is 2.19. The minimum absolute atomic E-state index is 0.0394. The molecule has 0 fully saturated rings. The van der Waals surface area contributed by atoms with Gasteiger partial charge in [-0.15, -0.1) is 0 Å². The summed E-state index contributed by atoms with van der Waals surface area (Å²) in [6.45, 7) is -2.97. The van der Waals surface area contributed by atoms with Gasteiger partial charge in [0.1, 0.15) is 11.8 Å². The number of halogens is 2. The highest BCUT2D eigenvalue weighted by Gasteiger charge is 2.13. The van der Waals surface area contributed by atoms with Crippen molar-refractivity contribution in [2.75, 3.05) is 24.7 Å². The Morgan fingerprint density at radius 1 is 1.29 bits per heavy atom. The summed E-state index contributed by atoms with van der Waals surface area (Å²) >= 11 is 0. The molecule has 1 aromatic carbocycles. The van der Waals surface area contributed by atoms with E-state index in [0.717, 1.165) is 0 Å². The number of para-hydroxylation sites is 1. The molecular formula is C15H14F2N6O. The van der Waals surface area contributed by atoms with Gasteiger partial charge in [0.25, 0.3) is 0 Å². The molecule has 0 saturated heterocycles. The Kier molecular flexibility index (Phi) is 5.21. The fraction of sp³-hybridized carbons (Fsp3) is 0.200. The minimum atomic E-state index is -2.97. The summed E-state index contributed by atoms with van der Waals surface area (Å²) in [7, 11) is 3.42. The van der Waals surface area contributed by atoms with Crippen molar-refractivity contribution in [2.24, 2.45) is 0 Å². The van der Waals surface area contributed by atoms with Crippen LogP contribution in [0.2, 0.25) is 0 Å². The van der Waals surface area contributed by atoms with E-state index < -0.39 is 6.61 Å². The van der Waals surface area contributed by atoms with E-state index in [-0.39, 0.29) is 29.0 Å². The zero-order valence-corrected chi connectivity index (χ0v) is 12.9. The number of anilines is 2. The van der Waals surface area contributed by atoms with Crippen LogP contribution in [0.4, 0.5) is 20.7 Å². The number of nitrogen functional groups attached to an aromatic ring is 1. The molecule has 7 nitrogen and oxygen atoms in total. The fourth-order valence-electron chi connectivity index (χ4n) is 1.81. The number of aromatic nitrogens is 3. The van der Waals surface area contributed by atoms with Crippen molar-refractivity contribution < 1.29 is 13.5 Å². The molecule has 0 unspecified atom stereocenters. The first-order chi connectivity index (χ1) is 11.4. The summed E-state index contributed by atoms with van der Waals surface area (Å²) < 4.78 is 29.4. The summed E-state index contributed by atoms with van der Waals surface area (Å²) in [6, 6.07) is 8.02. The average molecular weight is 332 g/mol. The Labute approximate surface area is 137 Å². The third-order valence-electron chi connectivity index (χ3n) is 2.84. The maximum absolute atomic E-state index is 12.5. The molecule has 0 spiro atoms. The summed E-state index contributed by atoms with van der Waals surface area (Å²) in [6.07, 6.45) is 1.35. The first-order valence-corrected chi connectivity index (χ1v) is 6.75. The van der Waals surface area contributed by atoms with E-state index in [1.807, 2.05) is 6.07 Å². The van der Waals surface area contributed by atoms with Crippen LogP contribution in [0.25, 0.3) is 11.6 Å². The van der Waals surface area contributed by atoms with Crippen LogP contribution < -0.4 is 15.4 Å². The molecule has 0 aliphatic rings. The van der Waals surface area contributed by atoms with Crippen molar-refractivity contribution in [3.05, 3.63) is 35.7 Å². The highest BCUT2D eigenvalue weighted by atomic mass is 19.3. The summed E-state index contributed by atoms with van der Waals surface area (Å²) in [5.41, 5.74) is 5.96. The maximum Gasteiger partial charge on any atom is 0.387 e. The summed E-state index contributed by atoms with van der Waals surface area (Å²) in [5, 5.41) is 9.37. The molecule has 0 radical (unpaired) electrons. The van der Waals surface area contributed by atoms with Crippen molar-refractivity contribution in [1.29, 1.82) is 5.26 Å². The van der Waals surface area contributed by atoms with Crippen LogP contribution in [0.3, 0.4) is 0 Å². The Hall–Kier alpha value is -3.28. The molecule has 0 aliphatic heterocycles. The number of ether oxygens (including phenoxy) is 1. The second-order valence-corrected chi connectivity index (χ2v) is 4.80. The molecule has 0 bridgehead atoms. The van der Waals surface area contributed by atoms with E-state index in [1.54, 1.807) is 31.1 Å². The number of hydrogen-bond donors (Lipinski definition) is 1. The molecule has 2 N–H and O–H groups in total. The largest absolute Gasteiger partial charge is 0.434 e. The standard InChI is InChI=1S/C15H14F2N6O/c1-23(2)15-21-12(20-14(19)22-15)10(8-18)7-9-5-3-4-6-11(9)24-13(16)17/h3-7,13H,1-2H3,(H2,19,20,21,22)/b10-7-. The number of nitrogens with zero attached hydrogens (tertiary/aromatic N) is 5. The third-order valence-corrected chi connectivity index (χ3v) is 2.84. The van der Waals surface area contributed by atoms with Crippen LogP contribution in [-0.4, -0.2) is 35.7 Å². The van der Waals surface area contributed by atoms with Crippen molar-refractivity contribution in [3.63, 3.8) is 0 Å². The minimum Gasteiger partial charge on any atom is -0.434 e. The van der Waals surface area contributed by atoms with Gasteiger partial charge in [0.15, 0.2) is 5.82 Å². The molecule has 0 amide bonds. The van der Waals surface area contributed by atoms with E-state index >= 15 is 0 Å². The Bertz CT molecular complexity index is 801. The topological polar surface area (TPSA) is 101 Å². The highest BCUT2D eigenvalue weighted by molar-refractivity contribution is 5.88. The zero-order valence-electron chi connectivity index (χ0n) is 12.9. The van der Waals surface area contributed by atoms with Gasteiger partial charge in [0, 0.05) is 19.7 Å². The molecule has 0 aliphatic carbocycles. The van der Waals surface area contributed by atoms with Crippen LogP contribution in [0.1, 0.15) is 11.4 Å². The van der Waals surface area contributed by atoms with E-state index in [1.165, 1.54) is 18.2 Å². The quantitative estimate of drug-likeness (QED) is 0.837. The monoisotopic (exact) mass is 332 g/mol. The highest BCUT2D eigenvalue weighted by Crippen LogP contribution is 2.25. The molecule has 2 rings (SSSR count). The van der Waals surface area contributed by atoms with E-state index in [4.69, 9.17) is 5.73 Å². The average Bonchev–Trinajstić information content (AvgIpc) is 2.52. The van der Waals surface area contributed by atoms with Gasteiger partial charge in [-0.2, -0.15) is 29.0 Å². The molecule has 0 atom stereocenters. The van der Waals surface area contributed by atoms with E-state index in [2.05, 4.69) is 19.7 Å². The molecule has 1 heterocycles. The molecular weight excluding hydrogens is 318 g/mol. The number of allylic oxidation sites excluding steroid dienone is 1. The molecule has 9 heteroatoms. The van der Waals surface area contributed by atoms with Crippen LogP contribution in [0.15, 0.2) is 24.3 Å². The maximum atomic E-state index is 12.5. The van der Waals surface area contributed by atoms with Gasteiger partial charge in [-0.05, 0) is 12.1 Å². The number of hydrogen-bond acceptors (Lipinski definition) is 7. The Morgan fingerprint density at radius 3 is 2.62 bits per heavy atom. The lowest BCUT2D eigenvalue weighted by Gasteiger charge is -2.11. The molecule has 0 saturated carbocycles. The van der Waals surface area contributed by atoms with E-state index in [0.29, 0.717) is 5.56 Å². The van der Waals surface area contributed by atoms with E-state index in [9.17, 15) is 14.0 Å². The SMILES string of the molecule is CN(C)c1nc(N)nc(/C(C#N)=C\c2ccccc2OC(F)F)n1. The number of rotatable bonds is 5. The molecule has 24 heavy (non-hydrogen) atoms. The summed E-state index contributed by atoms with van der Waals surface area (Å²) in [5.74, 6) is 0.202. The summed E-state index contributed by atoms with van der Waals surface area (Å²) in [4.78, 5) is 13.6. The van der Waals surface area contributed by atoms with Crippen molar-refractivity contribution in [2.45, 2.75) is 6.61 Å². The van der Waals surface area contributed by atoms with Gasteiger partial charge in [0.05, 0.1) is 5.57 Å². The number of nitriles is 1. The van der Waals surface area contributed by atoms with Gasteiger partial charge in [-0.3, -0.25) is 0 Å². The van der Waals surface area contributed by atoms with Crippen molar-refractivity contribution in [1.82, 2.24) is 15.0 Å². The van der Waals surface area contributed by atoms with Gasteiger partial charge in [-0.1, -0.05) is 18.2 Å². The lowest BCUT2D eigenvalue weighted by Crippen LogP contribution is -2.15. The predicted molar refractivity (Wildman–Crippen MR) is 85.1 cm³/mol. The third kappa shape index (κ3) is 4.13. The molecule has 1 aromatic heterocycles. The smallest absolute Gasteiger partial charge is 0.387 e. The molecule has 124 valence electrons. The fourth-order valence-corrected chi connectivity index (χ4v) is 1.81. The second-order valence-electron chi connectivity index (χ2n) is 4.80. The first-order valence-electron chi connectivity index (χ1n) is 6.75. The van der Waals surface area contributed by atoms with Crippen LogP contribution in [0.5, 0.6) is 5.75 Å². The van der Waals surface area contributed by atoms with Gasteiger partial charge in [0.2, 0.25) is 11.9 Å². The lowest BCUT2D eigenvalue weighted by molar-refractivity contribution is -0.0499. The van der Waals surface area contributed by atoms with Gasteiger partial charge in [-0.25, -0.2) is 0 Å². The van der Waals surface area contributed by atoms with Gasteiger partial charge >= 0.3 is 6.61 Å². The van der Waals surface area contributed by atoms with Crippen molar-refractivity contribution >= 4 is 23.5 Å². The van der Waals surface area contributed by atoms with Gasteiger partial charge < -0.3 is 15.4 Å². The number of nitrogens with two attached hydrogens (primary N) is 1.